The number of aromatic carboxylic acids is 1. The third-order valence-electron chi connectivity index (χ3n) is 3.23. The third kappa shape index (κ3) is 2.17. The van der Waals surface area contributed by atoms with Gasteiger partial charge in [0.15, 0.2) is 0 Å². The van der Waals surface area contributed by atoms with E-state index < -0.39 is 5.97 Å². The molecule has 2 heterocycles. The Bertz CT molecular complexity index is 637. The fourth-order valence-electron chi connectivity index (χ4n) is 2.32. The number of aryl methyl sites for hydroxylation is 1. The molecular weight excluding hydrogens is 242 g/mol. The average Bonchev–Trinajstić information content (AvgIpc) is 2.47. The standard InChI is InChI=1S/C15H13NO3/c17-15(18)12-7-11(8-16-9-12)13-5-1-3-10-4-2-6-19-14(10)13/h1,3,5,7-9H,2,4,6H2,(H,17,18). The molecule has 0 saturated heterocycles. The number of carboxylic acids is 1. The van der Waals surface area contributed by atoms with Crippen LogP contribution < -0.4 is 4.74 Å². The fraction of sp³-hybridized carbons (Fsp3) is 0.200. The van der Waals surface area contributed by atoms with E-state index in [1.807, 2.05) is 18.2 Å². The predicted molar refractivity (Wildman–Crippen MR) is 70.4 cm³/mol. The van der Waals surface area contributed by atoms with E-state index >= 15 is 0 Å². The third-order valence-corrected chi connectivity index (χ3v) is 3.23. The SMILES string of the molecule is O=C(O)c1cncc(-c2cccc3c2OCCC3)c1. The minimum Gasteiger partial charge on any atom is -0.493 e. The number of hydrogen-bond acceptors (Lipinski definition) is 3. The molecule has 0 atom stereocenters. The highest BCUT2D eigenvalue weighted by Crippen LogP contribution is 2.36. The molecule has 0 radical (unpaired) electrons. The van der Waals surface area contributed by atoms with E-state index in [2.05, 4.69) is 4.98 Å². The highest BCUT2D eigenvalue weighted by atomic mass is 16.5. The molecule has 0 fully saturated rings. The first kappa shape index (κ1) is 11.7. The smallest absolute Gasteiger partial charge is 0.337 e. The lowest BCUT2D eigenvalue weighted by molar-refractivity contribution is 0.0696. The van der Waals surface area contributed by atoms with E-state index in [9.17, 15) is 4.79 Å². The number of nitrogens with zero attached hydrogens (tertiary/aromatic N) is 1. The van der Waals surface area contributed by atoms with E-state index in [0.717, 1.165) is 29.7 Å². The van der Waals surface area contributed by atoms with Crippen molar-refractivity contribution in [3.8, 4) is 16.9 Å². The van der Waals surface area contributed by atoms with Crippen molar-refractivity contribution in [3.05, 3.63) is 47.8 Å². The molecule has 0 aliphatic carbocycles. The van der Waals surface area contributed by atoms with Crippen molar-refractivity contribution in [3.63, 3.8) is 0 Å². The number of para-hydroxylation sites is 1. The molecule has 0 amide bonds. The zero-order valence-corrected chi connectivity index (χ0v) is 10.3. The molecule has 0 bridgehead atoms. The zero-order valence-electron chi connectivity index (χ0n) is 10.3. The average molecular weight is 255 g/mol. The molecule has 4 heteroatoms. The van der Waals surface area contributed by atoms with Gasteiger partial charge in [0.1, 0.15) is 5.75 Å². The number of hydrogen-bond donors (Lipinski definition) is 1. The molecule has 0 saturated carbocycles. The summed E-state index contributed by atoms with van der Waals surface area (Å²) in [5, 5.41) is 9.02. The van der Waals surface area contributed by atoms with Gasteiger partial charge in [0, 0.05) is 23.5 Å². The molecule has 3 rings (SSSR count). The molecule has 2 aromatic rings. The van der Waals surface area contributed by atoms with Crippen molar-refractivity contribution in [2.45, 2.75) is 12.8 Å². The van der Waals surface area contributed by atoms with Gasteiger partial charge in [-0.2, -0.15) is 0 Å². The van der Waals surface area contributed by atoms with E-state index in [1.165, 1.54) is 11.8 Å². The maximum Gasteiger partial charge on any atom is 0.337 e. The second-order valence-corrected chi connectivity index (χ2v) is 4.51. The van der Waals surface area contributed by atoms with Crippen LogP contribution in [0.5, 0.6) is 5.75 Å². The van der Waals surface area contributed by atoms with Gasteiger partial charge < -0.3 is 9.84 Å². The quantitative estimate of drug-likeness (QED) is 0.896. The topological polar surface area (TPSA) is 59.4 Å². The lowest BCUT2D eigenvalue weighted by Gasteiger charge is -2.20. The molecule has 1 aliphatic rings. The number of aromatic nitrogens is 1. The van der Waals surface area contributed by atoms with Gasteiger partial charge in [-0.1, -0.05) is 18.2 Å². The summed E-state index contributed by atoms with van der Waals surface area (Å²) in [4.78, 5) is 15.0. The van der Waals surface area contributed by atoms with Crippen LogP contribution in [0, 0.1) is 0 Å². The van der Waals surface area contributed by atoms with Crippen molar-refractivity contribution < 1.29 is 14.6 Å². The first-order valence-corrected chi connectivity index (χ1v) is 6.19. The molecule has 0 unspecified atom stereocenters. The lowest BCUT2D eigenvalue weighted by Crippen LogP contribution is -2.09. The van der Waals surface area contributed by atoms with Crippen molar-refractivity contribution in [2.24, 2.45) is 0 Å². The molecule has 1 aromatic carbocycles. The van der Waals surface area contributed by atoms with Gasteiger partial charge in [-0.15, -0.1) is 0 Å². The summed E-state index contributed by atoms with van der Waals surface area (Å²) < 4.78 is 5.73. The number of pyridine rings is 1. The van der Waals surface area contributed by atoms with Crippen LogP contribution >= 0.6 is 0 Å². The Kier molecular flexibility index (Phi) is 2.91. The maximum atomic E-state index is 11.0. The van der Waals surface area contributed by atoms with Gasteiger partial charge >= 0.3 is 5.97 Å². The first-order chi connectivity index (χ1) is 9.25. The van der Waals surface area contributed by atoms with Gasteiger partial charge in [-0.25, -0.2) is 4.79 Å². The normalized spacial score (nSPS) is 13.5. The van der Waals surface area contributed by atoms with Crippen LogP contribution in [0.2, 0.25) is 0 Å². The van der Waals surface area contributed by atoms with Crippen LogP contribution in [0.25, 0.3) is 11.1 Å². The molecule has 96 valence electrons. The Balaban J connectivity index is 2.12. The summed E-state index contributed by atoms with van der Waals surface area (Å²) in [6.45, 7) is 0.704. The maximum absolute atomic E-state index is 11.0. The molecular formula is C15H13NO3. The lowest BCUT2D eigenvalue weighted by atomic mass is 9.98. The summed E-state index contributed by atoms with van der Waals surface area (Å²) in [5.41, 5.74) is 3.04. The van der Waals surface area contributed by atoms with E-state index in [0.29, 0.717) is 6.61 Å². The minimum absolute atomic E-state index is 0.186. The van der Waals surface area contributed by atoms with E-state index in [1.54, 1.807) is 12.3 Å². The number of fused-ring (bicyclic) bond motifs is 1. The van der Waals surface area contributed by atoms with Gasteiger partial charge in [0.25, 0.3) is 0 Å². The summed E-state index contributed by atoms with van der Waals surface area (Å²) in [5.74, 6) is -0.113. The van der Waals surface area contributed by atoms with E-state index in [-0.39, 0.29) is 5.56 Å². The minimum atomic E-state index is -0.972. The summed E-state index contributed by atoms with van der Waals surface area (Å²) in [7, 11) is 0. The predicted octanol–water partition coefficient (Wildman–Crippen LogP) is 2.77. The Morgan fingerprint density at radius 1 is 1.32 bits per heavy atom. The van der Waals surface area contributed by atoms with Crippen molar-refractivity contribution in [2.75, 3.05) is 6.61 Å². The molecule has 1 aliphatic heterocycles. The van der Waals surface area contributed by atoms with Gasteiger partial charge in [0.05, 0.1) is 12.2 Å². The second kappa shape index (κ2) is 4.72. The number of carboxylic acid groups (broad SMARTS) is 1. The van der Waals surface area contributed by atoms with Gasteiger partial charge in [0.2, 0.25) is 0 Å². The second-order valence-electron chi connectivity index (χ2n) is 4.51. The Morgan fingerprint density at radius 2 is 2.21 bits per heavy atom. The summed E-state index contributed by atoms with van der Waals surface area (Å²) in [6, 6.07) is 7.58. The van der Waals surface area contributed by atoms with Crippen LogP contribution in [0.15, 0.2) is 36.7 Å². The van der Waals surface area contributed by atoms with Gasteiger partial charge in [-0.3, -0.25) is 4.98 Å². The highest BCUT2D eigenvalue weighted by molar-refractivity contribution is 5.89. The molecule has 0 spiro atoms. The van der Waals surface area contributed by atoms with Crippen molar-refractivity contribution >= 4 is 5.97 Å². The molecule has 1 aromatic heterocycles. The Labute approximate surface area is 110 Å². The van der Waals surface area contributed by atoms with Crippen LogP contribution in [-0.2, 0) is 6.42 Å². The summed E-state index contributed by atoms with van der Waals surface area (Å²) >= 11 is 0. The van der Waals surface area contributed by atoms with Gasteiger partial charge in [-0.05, 0) is 24.5 Å². The highest BCUT2D eigenvalue weighted by Gasteiger charge is 2.16. The fourth-order valence-corrected chi connectivity index (χ4v) is 2.32. The first-order valence-electron chi connectivity index (χ1n) is 6.19. The monoisotopic (exact) mass is 255 g/mol. The van der Waals surface area contributed by atoms with E-state index in [4.69, 9.17) is 9.84 Å². The zero-order chi connectivity index (χ0) is 13.2. The van der Waals surface area contributed by atoms with Crippen LogP contribution in [0.4, 0.5) is 0 Å². The van der Waals surface area contributed by atoms with Crippen molar-refractivity contribution in [1.82, 2.24) is 4.98 Å². The molecule has 1 N–H and O–H groups in total. The largest absolute Gasteiger partial charge is 0.493 e. The number of ether oxygens (including phenoxy) is 1. The van der Waals surface area contributed by atoms with Crippen molar-refractivity contribution in [1.29, 1.82) is 0 Å². The van der Waals surface area contributed by atoms with Crippen LogP contribution in [0.3, 0.4) is 0 Å². The molecule has 19 heavy (non-hydrogen) atoms. The molecule has 4 nitrogen and oxygen atoms in total. The number of benzene rings is 1. The Hall–Kier alpha value is -2.36. The summed E-state index contributed by atoms with van der Waals surface area (Å²) in [6.07, 6.45) is 5.03. The Morgan fingerprint density at radius 3 is 3.05 bits per heavy atom. The number of rotatable bonds is 2. The number of carbonyl (C=O) groups is 1. The van der Waals surface area contributed by atoms with Crippen LogP contribution in [-0.4, -0.2) is 22.7 Å². The van der Waals surface area contributed by atoms with Crippen LogP contribution in [0.1, 0.15) is 22.3 Å².